The molecule has 1 aromatic rings. The summed E-state index contributed by atoms with van der Waals surface area (Å²) in [5.74, 6) is 0.506. The largest absolute Gasteiger partial charge is 0.334 e. The molecule has 1 heterocycles. The van der Waals surface area contributed by atoms with E-state index >= 15 is 0 Å². The van der Waals surface area contributed by atoms with Crippen molar-refractivity contribution < 1.29 is 4.79 Å². The van der Waals surface area contributed by atoms with Crippen LogP contribution in [0, 0.1) is 11.3 Å². The smallest absolute Gasteiger partial charge is 0.254 e. The number of benzene rings is 1. The molecule has 0 saturated carbocycles. The minimum absolute atomic E-state index is 0.0184. The number of alkyl halides is 1. The second-order valence-electron chi connectivity index (χ2n) is 4.49. The maximum absolute atomic E-state index is 12.4. The number of nitrogens with zero attached hydrogens (tertiary/aromatic N) is 2. The lowest BCUT2D eigenvalue weighted by molar-refractivity contribution is 0.0639. The van der Waals surface area contributed by atoms with E-state index < -0.39 is 0 Å². The topological polar surface area (TPSA) is 44.1 Å². The van der Waals surface area contributed by atoms with E-state index in [1.54, 1.807) is 24.3 Å². The molecule has 1 aliphatic rings. The lowest BCUT2D eigenvalue weighted by atomic mass is 10.0. The van der Waals surface area contributed by atoms with Gasteiger partial charge in [0.25, 0.3) is 5.91 Å². The number of amides is 1. The number of rotatable bonds is 2. The van der Waals surface area contributed by atoms with Crippen LogP contribution in [0.5, 0.6) is 0 Å². The second kappa shape index (κ2) is 5.88. The predicted octanol–water partition coefficient (Wildman–Crippen LogP) is 2.79. The average molecular weight is 263 g/mol. The van der Waals surface area contributed by atoms with Gasteiger partial charge in [-0.2, -0.15) is 5.26 Å². The first-order valence-electron chi connectivity index (χ1n) is 6.13. The van der Waals surface area contributed by atoms with Crippen LogP contribution >= 0.6 is 11.6 Å². The van der Waals surface area contributed by atoms with Gasteiger partial charge in [0, 0.05) is 24.0 Å². The molecular weight excluding hydrogens is 248 g/mol. The standard InChI is InChI=1S/C14H15ClN2O/c15-9-13-3-1-2-8-17(13)14(18)12-6-4-11(10-16)5-7-12/h4-7,13H,1-3,8-9H2. The average Bonchev–Trinajstić information content (AvgIpc) is 2.46. The summed E-state index contributed by atoms with van der Waals surface area (Å²) < 4.78 is 0. The van der Waals surface area contributed by atoms with Crippen molar-refractivity contribution in [3.05, 3.63) is 35.4 Å². The van der Waals surface area contributed by atoms with Crippen molar-refractivity contribution in [1.82, 2.24) is 4.90 Å². The molecule has 1 saturated heterocycles. The number of hydrogen-bond acceptors (Lipinski definition) is 2. The monoisotopic (exact) mass is 262 g/mol. The maximum atomic E-state index is 12.4. The molecule has 0 N–H and O–H groups in total. The Kier molecular flexibility index (Phi) is 4.22. The lowest BCUT2D eigenvalue weighted by Crippen LogP contribution is -2.44. The molecule has 2 rings (SSSR count). The van der Waals surface area contributed by atoms with Crippen LogP contribution in [0.2, 0.25) is 0 Å². The first-order chi connectivity index (χ1) is 8.76. The Morgan fingerprint density at radius 3 is 2.72 bits per heavy atom. The zero-order valence-corrected chi connectivity index (χ0v) is 10.9. The van der Waals surface area contributed by atoms with E-state index in [2.05, 4.69) is 0 Å². The Bertz CT molecular complexity index is 464. The number of nitriles is 1. The zero-order chi connectivity index (χ0) is 13.0. The molecule has 1 aliphatic heterocycles. The van der Waals surface area contributed by atoms with Crippen molar-refractivity contribution in [2.45, 2.75) is 25.3 Å². The fourth-order valence-electron chi connectivity index (χ4n) is 2.28. The van der Waals surface area contributed by atoms with Gasteiger partial charge < -0.3 is 4.90 Å². The van der Waals surface area contributed by atoms with Gasteiger partial charge in [-0.15, -0.1) is 11.6 Å². The Morgan fingerprint density at radius 1 is 1.39 bits per heavy atom. The van der Waals surface area contributed by atoms with Crippen LogP contribution < -0.4 is 0 Å². The normalized spacial score (nSPS) is 19.3. The predicted molar refractivity (Wildman–Crippen MR) is 70.6 cm³/mol. The van der Waals surface area contributed by atoms with Crippen LogP contribution in [-0.2, 0) is 0 Å². The highest BCUT2D eigenvalue weighted by Gasteiger charge is 2.26. The summed E-state index contributed by atoms with van der Waals surface area (Å²) in [5.41, 5.74) is 1.20. The zero-order valence-electron chi connectivity index (χ0n) is 10.1. The van der Waals surface area contributed by atoms with Gasteiger partial charge >= 0.3 is 0 Å². The molecule has 1 fully saturated rings. The van der Waals surface area contributed by atoms with Crippen molar-refractivity contribution in [2.24, 2.45) is 0 Å². The highest BCUT2D eigenvalue weighted by molar-refractivity contribution is 6.18. The number of carbonyl (C=O) groups excluding carboxylic acids is 1. The summed E-state index contributed by atoms with van der Waals surface area (Å²) in [6.07, 6.45) is 3.15. The van der Waals surface area contributed by atoms with Crippen molar-refractivity contribution in [3.63, 3.8) is 0 Å². The van der Waals surface area contributed by atoms with E-state index in [1.807, 2.05) is 11.0 Å². The van der Waals surface area contributed by atoms with Crippen LogP contribution in [0.15, 0.2) is 24.3 Å². The lowest BCUT2D eigenvalue weighted by Gasteiger charge is -2.34. The molecule has 1 atom stereocenters. The molecule has 1 aromatic carbocycles. The van der Waals surface area contributed by atoms with Gasteiger partial charge in [0.15, 0.2) is 0 Å². The van der Waals surface area contributed by atoms with Crippen molar-refractivity contribution in [2.75, 3.05) is 12.4 Å². The van der Waals surface area contributed by atoms with Gasteiger partial charge in [0.2, 0.25) is 0 Å². The Morgan fingerprint density at radius 2 is 2.11 bits per heavy atom. The van der Waals surface area contributed by atoms with Gasteiger partial charge in [-0.1, -0.05) is 0 Å². The van der Waals surface area contributed by atoms with E-state index in [9.17, 15) is 4.79 Å². The maximum Gasteiger partial charge on any atom is 0.254 e. The third-order valence-corrected chi connectivity index (χ3v) is 3.68. The summed E-state index contributed by atoms with van der Waals surface area (Å²) in [6, 6.07) is 8.95. The third-order valence-electron chi connectivity index (χ3n) is 3.33. The Balaban J connectivity index is 2.16. The van der Waals surface area contributed by atoms with Crippen molar-refractivity contribution in [3.8, 4) is 6.07 Å². The molecular formula is C14H15ClN2O. The van der Waals surface area contributed by atoms with Crippen LogP contribution in [0.1, 0.15) is 35.2 Å². The number of halogens is 1. The van der Waals surface area contributed by atoms with Crippen LogP contribution in [0.4, 0.5) is 0 Å². The van der Waals surface area contributed by atoms with Crippen LogP contribution in [-0.4, -0.2) is 29.3 Å². The summed E-state index contributed by atoms with van der Waals surface area (Å²) in [5, 5.41) is 8.73. The number of piperidine rings is 1. The summed E-state index contributed by atoms with van der Waals surface area (Å²) >= 11 is 5.92. The highest BCUT2D eigenvalue weighted by atomic mass is 35.5. The third kappa shape index (κ3) is 2.65. The van der Waals surface area contributed by atoms with E-state index in [-0.39, 0.29) is 11.9 Å². The molecule has 18 heavy (non-hydrogen) atoms. The summed E-state index contributed by atoms with van der Waals surface area (Å²) in [7, 11) is 0. The molecule has 3 nitrogen and oxygen atoms in total. The second-order valence-corrected chi connectivity index (χ2v) is 4.80. The summed E-state index contributed by atoms with van der Waals surface area (Å²) in [4.78, 5) is 14.2. The van der Waals surface area contributed by atoms with Gasteiger partial charge in [-0.25, -0.2) is 0 Å². The van der Waals surface area contributed by atoms with E-state index in [0.717, 1.165) is 25.8 Å². The molecule has 1 amide bonds. The Labute approximate surface area is 112 Å². The van der Waals surface area contributed by atoms with Crippen LogP contribution in [0.3, 0.4) is 0 Å². The van der Waals surface area contributed by atoms with E-state index in [1.165, 1.54) is 0 Å². The number of carbonyl (C=O) groups is 1. The first-order valence-corrected chi connectivity index (χ1v) is 6.67. The molecule has 4 heteroatoms. The molecule has 0 spiro atoms. The number of hydrogen-bond donors (Lipinski definition) is 0. The van der Waals surface area contributed by atoms with Crippen molar-refractivity contribution >= 4 is 17.5 Å². The van der Waals surface area contributed by atoms with Gasteiger partial charge in [0.1, 0.15) is 0 Å². The van der Waals surface area contributed by atoms with Crippen LogP contribution in [0.25, 0.3) is 0 Å². The SMILES string of the molecule is N#Cc1ccc(C(=O)N2CCCCC2CCl)cc1. The molecule has 94 valence electrons. The van der Waals surface area contributed by atoms with Gasteiger partial charge in [0.05, 0.1) is 11.6 Å². The van der Waals surface area contributed by atoms with E-state index in [0.29, 0.717) is 17.0 Å². The molecule has 0 bridgehead atoms. The van der Waals surface area contributed by atoms with Gasteiger partial charge in [-0.3, -0.25) is 4.79 Å². The molecule has 0 radical (unpaired) electrons. The molecule has 0 aliphatic carbocycles. The quantitative estimate of drug-likeness (QED) is 0.770. The Hall–Kier alpha value is -1.53. The van der Waals surface area contributed by atoms with Crippen molar-refractivity contribution in [1.29, 1.82) is 5.26 Å². The first kappa shape index (κ1) is 12.9. The fourth-order valence-corrected chi connectivity index (χ4v) is 2.60. The molecule has 0 aromatic heterocycles. The van der Waals surface area contributed by atoms with E-state index in [4.69, 9.17) is 16.9 Å². The fraction of sp³-hybridized carbons (Fsp3) is 0.429. The summed E-state index contributed by atoms with van der Waals surface area (Å²) in [6.45, 7) is 0.774. The van der Waals surface area contributed by atoms with Gasteiger partial charge in [-0.05, 0) is 43.5 Å². The minimum Gasteiger partial charge on any atom is -0.334 e. The minimum atomic E-state index is 0.0184. The number of likely N-dealkylation sites (tertiary alicyclic amines) is 1. The molecule has 1 unspecified atom stereocenters. The highest BCUT2D eigenvalue weighted by Crippen LogP contribution is 2.20.